The zero-order valence-electron chi connectivity index (χ0n) is 14.5. The van der Waals surface area contributed by atoms with Crippen LogP contribution in [-0.4, -0.2) is 35.9 Å². The number of phenolic OH excluding ortho intramolecular Hbond substituents is 1. The molecule has 1 amide bonds. The van der Waals surface area contributed by atoms with E-state index >= 15 is 0 Å². The van der Waals surface area contributed by atoms with Gasteiger partial charge in [-0.1, -0.05) is 29.8 Å². The first-order chi connectivity index (χ1) is 12.6. The van der Waals surface area contributed by atoms with Gasteiger partial charge in [0.2, 0.25) is 0 Å². The van der Waals surface area contributed by atoms with Crippen LogP contribution in [0.3, 0.4) is 0 Å². The normalized spacial score (nSPS) is 11.2. The van der Waals surface area contributed by atoms with Crippen LogP contribution in [0.25, 0.3) is 0 Å². The maximum Gasteiger partial charge on any atom is 0.573 e. The summed E-state index contributed by atoms with van der Waals surface area (Å²) in [5.41, 5.74) is 0.304. The molecule has 0 radical (unpaired) electrons. The number of hydrogen-bond acceptors (Lipinski definition) is 4. The van der Waals surface area contributed by atoms with Gasteiger partial charge >= 0.3 is 6.36 Å². The van der Waals surface area contributed by atoms with Crippen LogP contribution in [0.15, 0.2) is 36.4 Å². The molecule has 0 atom stereocenters. The summed E-state index contributed by atoms with van der Waals surface area (Å²) in [4.78, 5) is 13.8. The summed E-state index contributed by atoms with van der Waals surface area (Å²) in [6.07, 6.45) is -4.84. The van der Waals surface area contributed by atoms with Crippen molar-refractivity contribution < 1.29 is 32.5 Å². The van der Waals surface area contributed by atoms with E-state index in [1.807, 2.05) is 0 Å². The zero-order valence-corrected chi connectivity index (χ0v) is 15.3. The molecule has 0 aliphatic rings. The second-order valence-corrected chi connectivity index (χ2v) is 5.96. The molecule has 0 aliphatic heterocycles. The molecular formula is C18H17ClF3NO4. The third kappa shape index (κ3) is 5.43. The van der Waals surface area contributed by atoms with E-state index in [0.717, 1.165) is 0 Å². The number of nitrogens with zero attached hydrogens (tertiary/aromatic N) is 1. The van der Waals surface area contributed by atoms with Gasteiger partial charge in [0, 0.05) is 24.7 Å². The van der Waals surface area contributed by atoms with Gasteiger partial charge in [-0.25, -0.2) is 0 Å². The molecule has 9 heteroatoms. The Labute approximate surface area is 158 Å². The minimum Gasteiger partial charge on any atom is -0.503 e. The summed E-state index contributed by atoms with van der Waals surface area (Å²) < 4.78 is 46.8. The maximum absolute atomic E-state index is 12.6. The van der Waals surface area contributed by atoms with Crippen molar-refractivity contribution in [2.75, 3.05) is 13.7 Å². The molecule has 2 aromatic carbocycles. The Kier molecular flexibility index (Phi) is 6.43. The highest BCUT2D eigenvalue weighted by Crippen LogP contribution is 2.35. The van der Waals surface area contributed by atoms with Crippen molar-refractivity contribution in [2.24, 2.45) is 0 Å². The van der Waals surface area contributed by atoms with E-state index in [9.17, 15) is 23.1 Å². The van der Waals surface area contributed by atoms with E-state index in [-0.39, 0.29) is 46.5 Å². The largest absolute Gasteiger partial charge is 0.573 e. The van der Waals surface area contributed by atoms with Gasteiger partial charge < -0.3 is 19.5 Å². The average molecular weight is 404 g/mol. The molecule has 0 bridgehead atoms. The Balaban J connectivity index is 2.24. The minimum absolute atomic E-state index is 0.0440. The molecule has 2 aromatic rings. The van der Waals surface area contributed by atoms with Crippen LogP contribution in [0.2, 0.25) is 5.02 Å². The summed E-state index contributed by atoms with van der Waals surface area (Å²) in [6, 6.07) is 8.13. The van der Waals surface area contributed by atoms with Crippen LogP contribution in [0.5, 0.6) is 17.2 Å². The molecule has 0 heterocycles. The predicted molar refractivity (Wildman–Crippen MR) is 93.2 cm³/mol. The van der Waals surface area contributed by atoms with Crippen LogP contribution in [0, 0.1) is 0 Å². The number of ether oxygens (including phenoxy) is 2. The number of rotatable bonds is 6. The molecule has 0 aromatic heterocycles. The first kappa shape index (κ1) is 20.7. The summed E-state index contributed by atoms with van der Waals surface area (Å²) in [5.74, 6) is -1.15. The highest BCUT2D eigenvalue weighted by atomic mass is 35.5. The van der Waals surface area contributed by atoms with Gasteiger partial charge in [0.25, 0.3) is 5.91 Å². The van der Waals surface area contributed by atoms with Crippen molar-refractivity contribution in [2.45, 2.75) is 19.8 Å². The van der Waals surface area contributed by atoms with E-state index in [0.29, 0.717) is 0 Å². The van der Waals surface area contributed by atoms with Crippen LogP contribution < -0.4 is 9.47 Å². The van der Waals surface area contributed by atoms with E-state index in [4.69, 9.17) is 16.3 Å². The third-order valence-corrected chi connectivity index (χ3v) is 3.82. The Bertz CT molecular complexity index is 827. The summed E-state index contributed by atoms with van der Waals surface area (Å²) in [7, 11) is 1.42. The van der Waals surface area contributed by atoms with Gasteiger partial charge in [0.15, 0.2) is 11.5 Å². The fraction of sp³-hybridized carbons (Fsp3) is 0.278. The van der Waals surface area contributed by atoms with Gasteiger partial charge in [-0.2, -0.15) is 0 Å². The van der Waals surface area contributed by atoms with Gasteiger partial charge in [0.1, 0.15) is 5.75 Å². The summed E-state index contributed by atoms with van der Waals surface area (Å²) >= 11 is 5.92. The van der Waals surface area contributed by atoms with E-state index in [2.05, 4.69) is 4.74 Å². The molecule has 0 unspecified atom stereocenters. The lowest BCUT2D eigenvalue weighted by molar-refractivity contribution is -0.275. The lowest BCUT2D eigenvalue weighted by atomic mass is 10.1. The molecule has 0 aliphatic carbocycles. The molecule has 0 saturated heterocycles. The average Bonchev–Trinajstić information content (AvgIpc) is 2.58. The summed E-state index contributed by atoms with van der Waals surface area (Å²) in [6.45, 7) is 1.82. The monoisotopic (exact) mass is 403 g/mol. The quantitative estimate of drug-likeness (QED) is 0.765. The van der Waals surface area contributed by atoms with Crippen molar-refractivity contribution in [3.05, 3.63) is 52.5 Å². The lowest BCUT2D eigenvalue weighted by Crippen LogP contribution is -2.27. The number of carbonyl (C=O) groups is 1. The number of para-hydroxylation sites is 1. The second-order valence-electron chi connectivity index (χ2n) is 5.55. The molecule has 146 valence electrons. The van der Waals surface area contributed by atoms with Gasteiger partial charge in [-0.3, -0.25) is 4.79 Å². The van der Waals surface area contributed by atoms with Crippen molar-refractivity contribution in [1.29, 1.82) is 0 Å². The fourth-order valence-corrected chi connectivity index (χ4v) is 2.58. The third-order valence-electron chi connectivity index (χ3n) is 3.53. The Hall–Kier alpha value is -2.61. The van der Waals surface area contributed by atoms with Crippen LogP contribution in [0.1, 0.15) is 22.8 Å². The molecule has 5 nitrogen and oxygen atoms in total. The van der Waals surface area contributed by atoms with Gasteiger partial charge in [-0.05, 0) is 25.1 Å². The van der Waals surface area contributed by atoms with E-state index < -0.39 is 12.3 Å². The fourth-order valence-electron chi connectivity index (χ4n) is 2.37. The van der Waals surface area contributed by atoms with Crippen molar-refractivity contribution in [3.8, 4) is 17.2 Å². The molecular weight excluding hydrogens is 387 g/mol. The zero-order chi connectivity index (χ0) is 20.2. The molecule has 0 spiro atoms. The van der Waals surface area contributed by atoms with Crippen LogP contribution >= 0.6 is 11.6 Å². The minimum atomic E-state index is -4.84. The first-order valence-electron chi connectivity index (χ1n) is 7.86. The number of amides is 1. The molecule has 0 saturated carbocycles. The number of halogens is 4. The predicted octanol–water partition coefficient (Wildman–Crippen LogP) is 4.62. The van der Waals surface area contributed by atoms with Crippen LogP contribution in [-0.2, 0) is 6.54 Å². The number of carbonyl (C=O) groups excluding carboxylic acids is 1. The maximum atomic E-state index is 12.6. The lowest BCUT2D eigenvalue weighted by Gasteiger charge is -2.20. The number of alkyl halides is 3. The van der Waals surface area contributed by atoms with E-state index in [1.54, 1.807) is 13.0 Å². The van der Waals surface area contributed by atoms with E-state index in [1.165, 1.54) is 42.3 Å². The first-order valence-corrected chi connectivity index (χ1v) is 8.24. The van der Waals surface area contributed by atoms with Crippen molar-refractivity contribution in [1.82, 2.24) is 4.90 Å². The van der Waals surface area contributed by atoms with Crippen molar-refractivity contribution in [3.63, 3.8) is 0 Å². The standard InChI is InChI=1S/C18H17ClF3NO4/c1-3-26-15-9-12(8-13(19)16(15)24)17(25)23(2)10-11-6-4-5-7-14(11)27-18(20,21)22/h4-9,24H,3,10H2,1-2H3. The highest BCUT2D eigenvalue weighted by molar-refractivity contribution is 6.32. The number of aromatic hydroxyl groups is 1. The number of phenols is 1. The SMILES string of the molecule is CCOc1cc(C(=O)N(C)Cc2ccccc2OC(F)(F)F)cc(Cl)c1O. The Morgan fingerprint density at radius 3 is 2.52 bits per heavy atom. The Morgan fingerprint density at radius 1 is 1.22 bits per heavy atom. The molecule has 0 fully saturated rings. The topological polar surface area (TPSA) is 59.0 Å². The smallest absolute Gasteiger partial charge is 0.503 e. The second kappa shape index (κ2) is 8.39. The van der Waals surface area contributed by atoms with Crippen molar-refractivity contribution >= 4 is 17.5 Å². The Morgan fingerprint density at radius 2 is 1.89 bits per heavy atom. The number of hydrogen-bond donors (Lipinski definition) is 1. The van der Waals surface area contributed by atoms with Gasteiger partial charge in [-0.15, -0.1) is 13.2 Å². The van der Waals surface area contributed by atoms with Gasteiger partial charge in [0.05, 0.1) is 11.6 Å². The highest BCUT2D eigenvalue weighted by Gasteiger charge is 2.32. The summed E-state index contributed by atoms with van der Waals surface area (Å²) in [5, 5.41) is 9.78. The molecule has 1 N–H and O–H groups in total. The molecule has 27 heavy (non-hydrogen) atoms. The number of benzene rings is 2. The molecule has 2 rings (SSSR count). The van der Waals surface area contributed by atoms with Crippen LogP contribution in [0.4, 0.5) is 13.2 Å².